The molecule has 4 rings (SSSR count). The zero-order valence-corrected chi connectivity index (χ0v) is 23.2. The van der Waals surface area contributed by atoms with Crippen LogP contribution < -0.4 is 25.4 Å². The van der Waals surface area contributed by atoms with Crippen LogP contribution in [0, 0.1) is 0 Å². The van der Waals surface area contributed by atoms with E-state index in [1.807, 2.05) is 0 Å². The van der Waals surface area contributed by atoms with Crippen molar-refractivity contribution in [3.8, 4) is 11.5 Å². The molecule has 0 atom stereocenters. The minimum absolute atomic E-state index is 0.0377. The van der Waals surface area contributed by atoms with Crippen molar-refractivity contribution in [3.05, 3.63) is 114 Å². The zero-order valence-electron chi connectivity index (χ0n) is 22.4. The third kappa shape index (κ3) is 8.45. The number of nitrogens with zero attached hydrogens (tertiary/aromatic N) is 1. The predicted octanol–water partition coefficient (Wildman–Crippen LogP) is 5.24. The first-order chi connectivity index (χ1) is 19.9. The predicted molar refractivity (Wildman–Crippen MR) is 160 cm³/mol. The first kappa shape index (κ1) is 28.9. The van der Waals surface area contributed by atoms with Gasteiger partial charge in [0.1, 0.15) is 11.5 Å². The molecule has 3 aromatic carbocycles. The normalized spacial score (nSPS) is 10.8. The van der Waals surface area contributed by atoms with Crippen LogP contribution in [0.2, 0.25) is 0 Å². The summed E-state index contributed by atoms with van der Waals surface area (Å²) in [5.74, 6) is 0.597. The van der Waals surface area contributed by atoms with Gasteiger partial charge in [-0.3, -0.25) is 14.4 Å². The lowest BCUT2D eigenvalue weighted by Crippen LogP contribution is -2.30. The van der Waals surface area contributed by atoms with Crippen LogP contribution in [0.5, 0.6) is 11.5 Å². The fraction of sp³-hybridized carbons (Fsp3) is 0.0968. The van der Waals surface area contributed by atoms with Gasteiger partial charge in [-0.2, -0.15) is 0 Å². The Balaban J connectivity index is 1.46. The largest absolute Gasteiger partial charge is 0.493 e. The summed E-state index contributed by atoms with van der Waals surface area (Å²) in [6.07, 6.45) is 3.17. The van der Waals surface area contributed by atoms with E-state index in [9.17, 15) is 14.4 Å². The lowest BCUT2D eigenvalue weighted by molar-refractivity contribution is -0.114. The highest BCUT2D eigenvalue weighted by Gasteiger charge is 2.16. The monoisotopic (exact) mass is 568 g/mol. The summed E-state index contributed by atoms with van der Waals surface area (Å²) in [7, 11) is 3.05. The number of methoxy groups -OCH3 is 2. The molecule has 1 heterocycles. The van der Waals surface area contributed by atoms with E-state index in [1.165, 1.54) is 26.0 Å². The van der Waals surface area contributed by atoms with Crippen molar-refractivity contribution >= 4 is 47.1 Å². The zero-order chi connectivity index (χ0) is 29.0. The highest BCUT2D eigenvalue weighted by Crippen LogP contribution is 2.28. The molecule has 0 unspecified atom stereocenters. The molecular formula is C31H28N4O5S. The van der Waals surface area contributed by atoms with E-state index in [1.54, 1.807) is 103 Å². The van der Waals surface area contributed by atoms with Crippen LogP contribution in [-0.4, -0.2) is 42.7 Å². The van der Waals surface area contributed by atoms with Crippen LogP contribution in [0.15, 0.2) is 108 Å². The van der Waals surface area contributed by atoms with Gasteiger partial charge in [-0.1, -0.05) is 30.3 Å². The number of amides is 3. The molecule has 0 aliphatic rings. The van der Waals surface area contributed by atoms with Crippen molar-refractivity contribution in [2.45, 2.75) is 4.90 Å². The summed E-state index contributed by atoms with van der Waals surface area (Å²) in [6.45, 7) is 0. The molecule has 0 fully saturated rings. The molecule has 10 heteroatoms. The molecule has 0 bridgehead atoms. The number of pyridine rings is 1. The quantitative estimate of drug-likeness (QED) is 0.167. The molecule has 0 aliphatic carbocycles. The van der Waals surface area contributed by atoms with Crippen molar-refractivity contribution in [1.29, 1.82) is 0 Å². The number of aromatic nitrogens is 1. The average molecular weight is 569 g/mol. The van der Waals surface area contributed by atoms with Crippen molar-refractivity contribution in [2.75, 3.05) is 30.6 Å². The number of rotatable bonds is 11. The van der Waals surface area contributed by atoms with Gasteiger partial charge < -0.3 is 25.4 Å². The molecule has 1 aromatic heterocycles. The van der Waals surface area contributed by atoms with E-state index in [0.717, 1.165) is 4.90 Å². The Morgan fingerprint density at radius 3 is 2.24 bits per heavy atom. The first-order valence-electron chi connectivity index (χ1n) is 12.5. The molecular weight excluding hydrogens is 540 g/mol. The van der Waals surface area contributed by atoms with E-state index in [4.69, 9.17) is 9.47 Å². The molecule has 0 saturated heterocycles. The number of carbonyl (C=O) groups excluding carboxylic acids is 3. The Labute approximate surface area is 242 Å². The highest BCUT2D eigenvalue weighted by molar-refractivity contribution is 8.00. The fourth-order valence-corrected chi connectivity index (χ4v) is 4.35. The molecule has 41 heavy (non-hydrogen) atoms. The van der Waals surface area contributed by atoms with Gasteiger partial charge in [-0.15, -0.1) is 11.8 Å². The maximum atomic E-state index is 13.3. The van der Waals surface area contributed by atoms with Gasteiger partial charge in [0.25, 0.3) is 11.8 Å². The lowest BCUT2D eigenvalue weighted by atomic mass is 10.1. The third-order valence-corrected chi connectivity index (χ3v) is 6.67. The SMILES string of the molecule is COc1ccc(/C=C(\NC(=O)c2ccccc2)C(=O)Nc2ccc(SCC(=O)Nc3ccccn3)cc2)cc1OC. The van der Waals surface area contributed by atoms with Crippen LogP contribution >= 0.6 is 11.8 Å². The second-order valence-corrected chi connectivity index (χ2v) is 9.57. The van der Waals surface area contributed by atoms with Crippen molar-refractivity contribution in [3.63, 3.8) is 0 Å². The number of anilines is 2. The molecule has 0 radical (unpaired) electrons. The molecule has 0 spiro atoms. The van der Waals surface area contributed by atoms with Crippen LogP contribution in [0.1, 0.15) is 15.9 Å². The lowest BCUT2D eigenvalue weighted by Gasteiger charge is -2.13. The topological polar surface area (TPSA) is 119 Å². The maximum absolute atomic E-state index is 13.3. The van der Waals surface area contributed by atoms with E-state index in [-0.39, 0.29) is 17.4 Å². The fourth-order valence-electron chi connectivity index (χ4n) is 3.65. The number of hydrogen-bond acceptors (Lipinski definition) is 7. The van der Waals surface area contributed by atoms with Gasteiger partial charge in [-0.05, 0) is 72.3 Å². The maximum Gasteiger partial charge on any atom is 0.272 e. The van der Waals surface area contributed by atoms with Gasteiger partial charge in [-0.25, -0.2) is 4.98 Å². The van der Waals surface area contributed by atoms with Crippen molar-refractivity contribution < 1.29 is 23.9 Å². The number of carbonyl (C=O) groups is 3. The second-order valence-electron chi connectivity index (χ2n) is 8.52. The minimum atomic E-state index is -0.515. The summed E-state index contributed by atoms with van der Waals surface area (Å²) >= 11 is 1.35. The molecule has 0 aliphatic heterocycles. The van der Waals surface area contributed by atoms with Crippen molar-refractivity contribution in [1.82, 2.24) is 10.3 Å². The Morgan fingerprint density at radius 1 is 0.829 bits per heavy atom. The number of thioether (sulfide) groups is 1. The second kappa shape index (κ2) is 14.3. The van der Waals surface area contributed by atoms with Crippen LogP contribution in [0.25, 0.3) is 6.08 Å². The highest BCUT2D eigenvalue weighted by atomic mass is 32.2. The Kier molecular flexibility index (Phi) is 10.1. The Hall–Kier alpha value is -5.09. The van der Waals surface area contributed by atoms with E-state index >= 15 is 0 Å². The number of hydrogen-bond donors (Lipinski definition) is 3. The van der Waals surface area contributed by atoms with Crippen LogP contribution in [0.4, 0.5) is 11.5 Å². The van der Waals surface area contributed by atoms with Gasteiger partial charge >= 0.3 is 0 Å². The molecule has 208 valence electrons. The standard InChI is InChI=1S/C31H28N4O5S/c1-39-26-16-11-21(19-27(26)40-2)18-25(34-30(37)22-8-4-3-5-9-22)31(38)33-23-12-14-24(15-13-23)41-20-29(36)35-28-10-6-7-17-32-28/h3-19H,20H2,1-2H3,(H,33,38)(H,34,37)(H,32,35,36)/b25-18-. The number of nitrogens with one attached hydrogen (secondary N) is 3. The van der Waals surface area contributed by atoms with Crippen molar-refractivity contribution in [2.24, 2.45) is 0 Å². The summed E-state index contributed by atoms with van der Waals surface area (Å²) in [5.41, 5.74) is 1.59. The Morgan fingerprint density at radius 2 is 1.56 bits per heavy atom. The number of benzene rings is 3. The van der Waals surface area contributed by atoms with Crippen LogP contribution in [-0.2, 0) is 9.59 Å². The third-order valence-electron chi connectivity index (χ3n) is 5.66. The smallest absolute Gasteiger partial charge is 0.272 e. The van der Waals surface area contributed by atoms with Gasteiger partial charge in [0.15, 0.2) is 11.5 Å². The first-order valence-corrected chi connectivity index (χ1v) is 13.5. The molecule has 3 N–H and O–H groups in total. The Bertz CT molecular complexity index is 1530. The number of ether oxygens (including phenoxy) is 2. The summed E-state index contributed by atoms with van der Waals surface area (Å²) < 4.78 is 10.7. The molecule has 0 saturated carbocycles. The average Bonchev–Trinajstić information content (AvgIpc) is 3.01. The van der Waals surface area contributed by atoms with E-state index in [2.05, 4.69) is 20.9 Å². The summed E-state index contributed by atoms with van der Waals surface area (Å²) in [4.78, 5) is 43.3. The van der Waals surface area contributed by atoms with Gasteiger partial charge in [0.05, 0.1) is 20.0 Å². The van der Waals surface area contributed by atoms with E-state index < -0.39 is 11.8 Å². The van der Waals surface area contributed by atoms with Crippen LogP contribution in [0.3, 0.4) is 0 Å². The molecule has 4 aromatic rings. The molecule has 3 amide bonds. The van der Waals surface area contributed by atoms with Gasteiger partial charge in [0, 0.05) is 22.3 Å². The minimum Gasteiger partial charge on any atom is -0.493 e. The van der Waals surface area contributed by atoms with E-state index in [0.29, 0.717) is 34.1 Å². The van der Waals surface area contributed by atoms with Gasteiger partial charge in [0.2, 0.25) is 5.91 Å². The summed E-state index contributed by atoms with van der Waals surface area (Å²) in [6, 6.07) is 26.1. The summed E-state index contributed by atoms with van der Waals surface area (Å²) in [5, 5.41) is 8.28. The molecule has 9 nitrogen and oxygen atoms in total.